The van der Waals surface area contributed by atoms with Gasteiger partial charge < -0.3 is 15.7 Å². The Morgan fingerprint density at radius 3 is 2.38 bits per heavy atom. The molecule has 2 amide bonds. The molecule has 2 aromatic carbocycles. The van der Waals surface area contributed by atoms with Gasteiger partial charge in [0.15, 0.2) is 0 Å². The summed E-state index contributed by atoms with van der Waals surface area (Å²) in [5, 5.41) is 14.5. The second-order valence-corrected chi connectivity index (χ2v) is 8.13. The summed E-state index contributed by atoms with van der Waals surface area (Å²) in [6.45, 7) is 4.99. The third-order valence-corrected chi connectivity index (χ3v) is 5.54. The number of aliphatic carboxylic acids is 1. The Bertz CT molecular complexity index is 958. The molecule has 0 fully saturated rings. The zero-order chi connectivity index (χ0) is 21.6. The molecular formula is C21H21ClN2O4S. The van der Waals surface area contributed by atoms with Gasteiger partial charge in [-0.05, 0) is 62.7 Å². The second kappa shape index (κ2) is 10.1. The number of hydrogen-bond acceptors (Lipinski definition) is 4. The van der Waals surface area contributed by atoms with Crippen molar-refractivity contribution in [2.75, 3.05) is 10.6 Å². The van der Waals surface area contributed by atoms with Gasteiger partial charge in [0.05, 0.1) is 5.25 Å². The van der Waals surface area contributed by atoms with Crippen LogP contribution in [0.1, 0.15) is 19.4 Å². The molecule has 0 radical (unpaired) electrons. The number of anilines is 2. The van der Waals surface area contributed by atoms with Crippen LogP contribution in [-0.2, 0) is 14.4 Å². The van der Waals surface area contributed by atoms with Crippen LogP contribution in [0.3, 0.4) is 0 Å². The van der Waals surface area contributed by atoms with Gasteiger partial charge >= 0.3 is 5.97 Å². The van der Waals surface area contributed by atoms with E-state index in [1.165, 1.54) is 18.7 Å². The minimum atomic E-state index is -1.15. The summed E-state index contributed by atoms with van der Waals surface area (Å²) in [4.78, 5) is 35.9. The Labute approximate surface area is 178 Å². The number of hydrogen-bond donors (Lipinski definition) is 3. The number of halogens is 1. The highest BCUT2D eigenvalue weighted by molar-refractivity contribution is 8.00. The van der Waals surface area contributed by atoms with Gasteiger partial charge in [-0.25, -0.2) is 4.79 Å². The molecule has 0 aliphatic rings. The SMILES string of the molecule is CC(=CC(=O)Nc1ccc(SC(C)C(=O)Nc2cccc(Cl)c2C)cc1)C(=O)O. The molecule has 1 atom stereocenters. The highest BCUT2D eigenvalue weighted by atomic mass is 35.5. The first-order valence-electron chi connectivity index (χ1n) is 8.72. The predicted octanol–water partition coefficient (Wildman–Crippen LogP) is 4.74. The van der Waals surface area contributed by atoms with E-state index in [0.29, 0.717) is 16.4 Å². The number of rotatable bonds is 7. The molecule has 0 aromatic heterocycles. The predicted molar refractivity (Wildman–Crippen MR) is 117 cm³/mol. The molecule has 3 N–H and O–H groups in total. The minimum absolute atomic E-state index is 0.0514. The lowest BCUT2D eigenvalue weighted by molar-refractivity contribution is -0.132. The summed E-state index contributed by atoms with van der Waals surface area (Å²) in [6, 6.07) is 12.3. The lowest BCUT2D eigenvalue weighted by Gasteiger charge is -2.14. The summed E-state index contributed by atoms with van der Waals surface area (Å²) in [5.41, 5.74) is 1.97. The average Bonchev–Trinajstić information content (AvgIpc) is 2.66. The number of carboxylic acid groups (broad SMARTS) is 1. The molecule has 0 spiro atoms. The zero-order valence-corrected chi connectivity index (χ0v) is 17.7. The van der Waals surface area contributed by atoms with Crippen molar-refractivity contribution in [1.29, 1.82) is 0 Å². The second-order valence-electron chi connectivity index (χ2n) is 6.31. The Kier molecular flexibility index (Phi) is 7.87. The summed E-state index contributed by atoms with van der Waals surface area (Å²) < 4.78 is 0. The van der Waals surface area contributed by atoms with Crippen LogP contribution < -0.4 is 10.6 Å². The van der Waals surface area contributed by atoms with Crippen molar-refractivity contribution in [3.8, 4) is 0 Å². The van der Waals surface area contributed by atoms with Crippen molar-refractivity contribution >= 4 is 52.5 Å². The minimum Gasteiger partial charge on any atom is -0.478 e. The quantitative estimate of drug-likeness (QED) is 0.434. The molecule has 2 aromatic rings. The summed E-state index contributed by atoms with van der Waals surface area (Å²) in [7, 11) is 0. The Morgan fingerprint density at radius 2 is 1.76 bits per heavy atom. The zero-order valence-electron chi connectivity index (χ0n) is 16.2. The third kappa shape index (κ3) is 6.66. The van der Waals surface area contributed by atoms with Crippen LogP contribution >= 0.6 is 23.4 Å². The Hall–Kier alpha value is -2.77. The first kappa shape index (κ1) is 22.5. The average molecular weight is 433 g/mol. The number of carboxylic acids is 1. The third-order valence-electron chi connectivity index (χ3n) is 4.01. The van der Waals surface area contributed by atoms with Gasteiger partial charge in [0.1, 0.15) is 0 Å². The molecule has 8 heteroatoms. The number of thioether (sulfide) groups is 1. The van der Waals surface area contributed by atoms with E-state index in [9.17, 15) is 14.4 Å². The normalized spacial score (nSPS) is 12.2. The van der Waals surface area contributed by atoms with Crippen molar-refractivity contribution in [2.45, 2.75) is 30.9 Å². The van der Waals surface area contributed by atoms with Crippen molar-refractivity contribution in [1.82, 2.24) is 0 Å². The van der Waals surface area contributed by atoms with Gasteiger partial charge in [-0.2, -0.15) is 0 Å². The fourth-order valence-electron chi connectivity index (χ4n) is 2.29. The fraction of sp³-hybridized carbons (Fsp3) is 0.190. The number of nitrogens with one attached hydrogen (secondary N) is 2. The van der Waals surface area contributed by atoms with E-state index in [4.69, 9.17) is 16.7 Å². The van der Waals surface area contributed by atoms with E-state index in [1.807, 2.05) is 6.92 Å². The van der Waals surface area contributed by atoms with Gasteiger partial charge in [-0.1, -0.05) is 17.7 Å². The van der Waals surface area contributed by atoms with Crippen LogP contribution in [0.4, 0.5) is 11.4 Å². The molecule has 0 aliphatic carbocycles. The first-order chi connectivity index (χ1) is 13.7. The molecule has 1 unspecified atom stereocenters. The number of carbonyl (C=O) groups is 3. The van der Waals surface area contributed by atoms with Crippen molar-refractivity contribution in [3.05, 3.63) is 64.7 Å². The van der Waals surface area contributed by atoms with Crippen LogP contribution in [0.25, 0.3) is 0 Å². The summed E-state index contributed by atoms with van der Waals surface area (Å²) in [5.74, 6) is -1.81. The van der Waals surface area contributed by atoms with Gasteiger partial charge in [0.2, 0.25) is 11.8 Å². The van der Waals surface area contributed by atoms with Crippen LogP contribution in [-0.4, -0.2) is 28.1 Å². The summed E-state index contributed by atoms with van der Waals surface area (Å²) in [6.07, 6.45) is 1.02. The lowest BCUT2D eigenvalue weighted by Crippen LogP contribution is -2.22. The number of benzene rings is 2. The van der Waals surface area contributed by atoms with Crippen molar-refractivity contribution in [3.63, 3.8) is 0 Å². The maximum Gasteiger partial charge on any atom is 0.331 e. The monoisotopic (exact) mass is 432 g/mol. The van der Waals surface area contributed by atoms with Crippen LogP contribution in [0.2, 0.25) is 5.02 Å². The van der Waals surface area contributed by atoms with E-state index < -0.39 is 11.9 Å². The molecule has 152 valence electrons. The van der Waals surface area contributed by atoms with Crippen LogP contribution in [0, 0.1) is 6.92 Å². The molecule has 29 heavy (non-hydrogen) atoms. The van der Waals surface area contributed by atoms with Gasteiger partial charge in [0, 0.05) is 32.9 Å². The summed E-state index contributed by atoms with van der Waals surface area (Å²) >= 11 is 7.46. The topological polar surface area (TPSA) is 95.5 Å². The van der Waals surface area contributed by atoms with Gasteiger partial charge in [-0.15, -0.1) is 11.8 Å². The smallest absolute Gasteiger partial charge is 0.331 e. The standard InChI is InChI=1S/C21H21ClN2O4S/c1-12(21(27)28)11-19(25)23-15-7-9-16(10-8-15)29-14(3)20(26)24-18-6-4-5-17(22)13(18)2/h4-11,14H,1-3H3,(H,23,25)(H,24,26)(H,27,28). The maximum absolute atomic E-state index is 12.5. The molecule has 0 saturated carbocycles. The maximum atomic E-state index is 12.5. The molecule has 2 rings (SSSR count). The number of amides is 2. The molecule has 0 heterocycles. The molecular weight excluding hydrogens is 412 g/mol. The van der Waals surface area contributed by atoms with Crippen molar-refractivity contribution < 1.29 is 19.5 Å². The molecule has 6 nitrogen and oxygen atoms in total. The first-order valence-corrected chi connectivity index (χ1v) is 9.98. The van der Waals surface area contributed by atoms with E-state index in [2.05, 4.69) is 10.6 Å². The highest BCUT2D eigenvalue weighted by Crippen LogP contribution is 2.27. The van der Waals surface area contributed by atoms with Crippen LogP contribution in [0.15, 0.2) is 59.0 Å². The molecule has 0 aliphatic heterocycles. The molecule has 0 saturated heterocycles. The Morgan fingerprint density at radius 1 is 1.10 bits per heavy atom. The Balaban J connectivity index is 1.95. The van der Waals surface area contributed by atoms with E-state index >= 15 is 0 Å². The van der Waals surface area contributed by atoms with E-state index in [-0.39, 0.29) is 16.7 Å². The molecule has 0 bridgehead atoms. The number of carbonyl (C=O) groups excluding carboxylic acids is 2. The van der Waals surface area contributed by atoms with Gasteiger partial charge in [-0.3, -0.25) is 9.59 Å². The van der Waals surface area contributed by atoms with E-state index in [0.717, 1.165) is 16.5 Å². The van der Waals surface area contributed by atoms with Crippen LogP contribution in [0.5, 0.6) is 0 Å². The van der Waals surface area contributed by atoms with Crippen molar-refractivity contribution in [2.24, 2.45) is 0 Å². The largest absolute Gasteiger partial charge is 0.478 e. The fourth-order valence-corrected chi connectivity index (χ4v) is 3.33. The lowest BCUT2D eigenvalue weighted by atomic mass is 10.2. The highest BCUT2D eigenvalue weighted by Gasteiger charge is 2.16. The van der Waals surface area contributed by atoms with E-state index in [1.54, 1.807) is 49.4 Å². The van der Waals surface area contributed by atoms with Gasteiger partial charge in [0.25, 0.3) is 0 Å².